The van der Waals surface area contributed by atoms with Gasteiger partial charge < -0.3 is 13.8 Å². The third-order valence-corrected chi connectivity index (χ3v) is 12.3. The van der Waals surface area contributed by atoms with Gasteiger partial charge in [0.05, 0.1) is 11.0 Å². The van der Waals surface area contributed by atoms with Crippen LogP contribution in [0, 0.1) is 5.41 Å². The van der Waals surface area contributed by atoms with Crippen LogP contribution in [-0.2, 0) is 0 Å². The van der Waals surface area contributed by atoms with Crippen molar-refractivity contribution in [3.63, 3.8) is 0 Å². The molecule has 9 aromatic carbocycles. The number of hydrogen-bond donors (Lipinski definition) is 1. The quantitative estimate of drug-likeness (QED) is 0.0681. The molecule has 0 aliphatic carbocycles. The average molecular weight is 853 g/mol. The Morgan fingerprint density at radius 1 is 0.591 bits per heavy atom. The van der Waals surface area contributed by atoms with Crippen LogP contribution in [-0.4, -0.2) is 28.3 Å². The Kier molecular flexibility index (Phi) is 10.2. The molecule has 0 radical (unpaired) electrons. The van der Waals surface area contributed by atoms with Crippen molar-refractivity contribution >= 4 is 71.8 Å². The highest BCUT2D eigenvalue weighted by Crippen LogP contribution is 2.42. The number of aliphatic imine (C=N–C) groups is 1. The molecule has 0 aliphatic heterocycles. The molecule has 0 spiro atoms. The first-order chi connectivity index (χ1) is 32.4. The van der Waals surface area contributed by atoms with E-state index < -0.39 is 0 Å². The van der Waals surface area contributed by atoms with Crippen molar-refractivity contribution in [3.05, 3.63) is 236 Å². The summed E-state index contributed by atoms with van der Waals surface area (Å²) >= 11 is 0. The van der Waals surface area contributed by atoms with Gasteiger partial charge in [-0.1, -0.05) is 176 Å². The fraction of sp³-hybridized carbons (Fsp3) is 0.0333. The summed E-state index contributed by atoms with van der Waals surface area (Å²) in [5.41, 5.74) is 12.4. The van der Waals surface area contributed by atoms with Crippen LogP contribution in [0.15, 0.2) is 228 Å². The molecule has 316 valence electrons. The Balaban J connectivity index is 1.09. The summed E-state index contributed by atoms with van der Waals surface area (Å²) in [4.78, 5) is 11.7. The largest absolute Gasteiger partial charge is 0.456 e. The molecule has 0 aliphatic rings. The monoisotopic (exact) mass is 852 g/mol. The highest BCUT2D eigenvalue weighted by molar-refractivity contribution is 6.21. The first-order valence-corrected chi connectivity index (χ1v) is 22.1. The van der Waals surface area contributed by atoms with Crippen LogP contribution in [0.3, 0.4) is 0 Å². The topological polar surface area (TPSA) is 66.8 Å². The molecule has 6 nitrogen and oxygen atoms in total. The van der Waals surface area contributed by atoms with Crippen LogP contribution in [0.4, 0.5) is 0 Å². The van der Waals surface area contributed by atoms with Gasteiger partial charge in [-0.05, 0) is 77.0 Å². The van der Waals surface area contributed by atoms with E-state index >= 15 is 0 Å². The van der Waals surface area contributed by atoms with E-state index in [1.54, 1.807) is 5.06 Å². The molecule has 0 amide bonds. The number of allylic oxidation sites excluding steroid dienone is 3. The van der Waals surface area contributed by atoms with Gasteiger partial charge in [-0.15, -0.1) is 0 Å². The third-order valence-electron chi connectivity index (χ3n) is 12.3. The molecule has 66 heavy (non-hydrogen) atoms. The zero-order valence-corrected chi connectivity index (χ0v) is 36.6. The number of nitrogens with zero attached hydrogens (tertiary/aromatic N) is 3. The lowest BCUT2D eigenvalue weighted by Crippen LogP contribution is -2.32. The Labute approximate surface area is 382 Å². The summed E-state index contributed by atoms with van der Waals surface area (Å²) in [7, 11) is 1.84. The van der Waals surface area contributed by atoms with Crippen LogP contribution in [0.1, 0.15) is 23.6 Å². The van der Waals surface area contributed by atoms with Gasteiger partial charge in [-0.3, -0.25) is 5.41 Å². The van der Waals surface area contributed by atoms with E-state index in [0.717, 1.165) is 99.2 Å². The van der Waals surface area contributed by atoms with Gasteiger partial charge in [0, 0.05) is 61.9 Å². The molecule has 2 aromatic heterocycles. The first kappa shape index (κ1) is 40.1. The molecule has 0 fully saturated rings. The number of rotatable bonds is 9. The van der Waals surface area contributed by atoms with Crippen molar-refractivity contribution in [3.8, 4) is 33.7 Å². The average Bonchev–Trinajstić information content (AvgIpc) is 3.92. The Morgan fingerprint density at radius 3 is 2.14 bits per heavy atom. The molecule has 0 saturated carbocycles. The lowest BCUT2D eigenvalue weighted by Gasteiger charge is -2.24. The molecule has 1 N–H and O–H groups in total. The molecule has 0 bridgehead atoms. The van der Waals surface area contributed by atoms with Crippen molar-refractivity contribution in [1.29, 1.82) is 5.41 Å². The highest BCUT2D eigenvalue weighted by atomic mass is 16.7. The molecular weight excluding hydrogens is 809 g/mol. The van der Waals surface area contributed by atoms with Crippen molar-refractivity contribution in [2.75, 3.05) is 7.05 Å². The summed E-state index contributed by atoms with van der Waals surface area (Å²) < 4.78 is 8.72. The lowest BCUT2D eigenvalue weighted by atomic mass is 9.96. The standard InChI is InChI=1S/C60H44N4O2/c1-4-17-39(2)47-25-10-13-31-55(47)66-63(3)60(62-59(61)41-19-6-5-7-20-41)45-23-15-24-46(37-45)64-57-48-26-9-8-18-40(48)32-35-53(57)52-29-16-28-49(58(52)64)44-22-14-21-42(36-44)43-33-34-51-50-27-11-12-30-54(50)65-56(51)38-43/h4-38,61H,2H2,1,3H3/b17-4-,61-59?,62-60?. The van der Waals surface area contributed by atoms with E-state index in [0.29, 0.717) is 17.1 Å². The molecule has 11 rings (SSSR count). The molecule has 11 aromatic rings. The number of fused-ring (bicyclic) bond motifs is 8. The maximum absolute atomic E-state index is 9.21. The van der Waals surface area contributed by atoms with Gasteiger partial charge in [-0.25, -0.2) is 4.99 Å². The van der Waals surface area contributed by atoms with Crippen molar-refractivity contribution in [1.82, 2.24) is 9.63 Å². The number of amidine groups is 2. The first-order valence-electron chi connectivity index (χ1n) is 22.1. The number of furan rings is 1. The second-order valence-corrected chi connectivity index (χ2v) is 16.4. The number of nitrogens with one attached hydrogen (secondary N) is 1. The van der Waals surface area contributed by atoms with Gasteiger partial charge in [0.2, 0.25) is 0 Å². The van der Waals surface area contributed by atoms with E-state index in [1.807, 2.05) is 98.9 Å². The van der Waals surface area contributed by atoms with Crippen LogP contribution >= 0.6 is 0 Å². The van der Waals surface area contributed by atoms with Crippen molar-refractivity contribution < 1.29 is 9.25 Å². The second-order valence-electron chi connectivity index (χ2n) is 16.4. The number of hydroxylamine groups is 2. The predicted molar refractivity (Wildman–Crippen MR) is 275 cm³/mol. The second kappa shape index (κ2) is 16.8. The number of hydrogen-bond acceptors (Lipinski definition) is 3. The van der Waals surface area contributed by atoms with Gasteiger partial charge in [-0.2, -0.15) is 5.06 Å². The molecule has 2 heterocycles. The minimum atomic E-state index is 0.113. The Bertz CT molecular complexity index is 3760. The molecule has 0 saturated heterocycles. The summed E-state index contributed by atoms with van der Waals surface area (Å²) in [6.45, 7) is 6.27. The van der Waals surface area contributed by atoms with Gasteiger partial charge in [0.1, 0.15) is 11.2 Å². The summed E-state index contributed by atoms with van der Waals surface area (Å²) in [6.07, 6.45) is 3.93. The molecule has 0 atom stereocenters. The predicted octanol–water partition coefficient (Wildman–Crippen LogP) is 15.5. The smallest absolute Gasteiger partial charge is 0.172 e. The summed E-state index contributed by atoms with van der Waals surface area (Å²) in [5, 5.41) is 17.7. The molecule has 6 heteroatoms. The summed E-state index contributed by atoms with van der Waals surface area (Å²) in [6, 6.07) is 68.9. The van der Waals surface area contributed by atoms with Gasteiger partial charge in [0.15, 0.2) is 17.4 Å². The fourth-order valence-electron chi connectivity index (χ4n) is 9.25. The lowest BCUT2D eigenvalue weighted by molar-refractivity contribution is 0.0483. The zero-order chi connectivity index (χ0) is 44.7. The summed E-state index contributed by atoms with van der Waals surface area (Å²) in [5.74, 6) is 1.20. The van der Waals surface area contributed by atoms with E-state index in [1.165, 1.54) is 0 Å². The molecule has 0 unspecified atom stereocenters. The van der Waals surface area contributed by atoms with Crippen LogP contribution in [0.5, 0.6) is 5.75 Å². The Hall–Kier alpha value is -8.74. The van der Waals surface area contributed by atoms with Gasteiger partial charge in [0.25, 0.3) is 0 Å². The maximum atomic E-state index is 9.21. The van der Waals surface area contributed by atoms with Crippen LogP contribution < -0.4 is 4.84 Å². The maximum Gasteiger partial charge on any atom is 0.172 e. The van der Waals surface area contributed by atoms with Crippen LogP contribution in [0.2, 0.25) is 0 Å². The Morgan fingerprint density at radius 2 is 1.26 bits per heavy atom. The fourth-order valence-corrected chi connectivity index (χ4v) is 9.25. The zero-order valence-electron chi connectivity index (χ0n) is 36.6. The minimum Gasteiger partial charge on any atom is -0.456 e. The third kappa shape index (κ3) is 7.11. The number of aromatic nitrogens is 1. The minimum absolute atomic E-state index is 0.113. The molecular formula is C60H44N4O2. The van der Waals surface area contributed by atoms with E-state index in [2.05, 4.69) is 139 Å². The van der Waals surface area contributed by atoms with E-state index in [-0.39, 0.29) is 5.84 Å². The van der Waals surface area contributed by atoms with E-state index in [9.17, 15) is 5.41 Å². The number of benzene rings is 9. The highest BCUT2D eigenvalue weighted by Gasteiger charge is 2.22. The SMILES string of the molecule is C=C(/C=C\C)c1ccccc1ON(C)C(=NC(=N)c1ccccc1)c1cccc(-n2c3c(-c4cccc(-c5ccc6c(c5)oc5ccccc56)c4)cccc3c3ccc4ccccc4c32)c1. The van der Waals surface area contributed by atoms with Crippen molar-refractivity contribution in [2.24, 2.45) is 4.99 Å². The number of para-hydroxylation sites is 3. The van der Waals surface area contributed by atoms with E-state index in [4.69, 9.17) is 14.2 Å². The van der Waals surface area contributed by atoms with Crippen molar-refractivity contribution in [2.45, 2.75) is 6.92 Å². The van der Waals surface area contributed by atoms with Gasteiger partial charge >= 0.3 is 0 Å². The normalized spacial score (nSPS) is 11.9. The van der Waals surface area contributed by atoms with Crippen LogP contribution in [0.25, 0.3) is 88.0 Å².